The number of non-ortho nitro benzene ring substituents is 1. The van der Waals surface area contributed by atoms with E-state index in [4.69, 9.17) is 4.52 Å². The number of carbonyl (C=O) groups is 1. The van der Waals surface area contributed by atoms with Crippen molar-refractivity contribution in [3.05, 3.63) is 57.6 Å². The average molecular weight is 469 g/mol. The van der Waals surface area contributed by atoms with Gasteiger partial charge in [0.1, 0.15) is 9.97 Å². The Morgan fingerprint density at radius 1 is 1.30 bits per heavy atom. The van der Waals surface area contributed by atoms with Gasteiger partial charge in [0.2, 0.25) is 15.7 Å². The van der Waals surface area contributed by atoms with Crippen LogP contribution in [0.4, 0.5) is 10.8 Å². The second-order valence-electron chi connectivity index (χ2n) is 6.08. The molecule has 0 saturated carbocycles. The second-order valence-corrected chi connectivity index (χ2v) is 10.3. The van der Waals surface area contributed by atoms with Gasteiger partial charge in [-0.15, -0.1) is 11.8 Å². The van der Waals surface area contributed by atoms with Crippen LogP contribution in [-0.2, 0) is 20.4 Å². The fourth-order valence-corrected chi connectivity index (χ4v) is 5.84. The van der Waals surface area contributed by atoms with Gasteiger partial charge in [-0.1, -0.05) is 16.5 Å². The van der Waals surface area contributed by atoms with Crippen LogP contribution in [-0.4, -0.2) is 35.1 Å². The third-order valence-corrected chi connectivity index (χ3v) is 8.12. The number of hydrogen-bond acceptors (Lipinski definition) is 10. The van der Waals surface area contributed by atoms with E-state index in [9.17, 15) is 23.3 Å². The van der Waals surface area contributed by atoms with Gasteiger partial charge in [-0.05, 0) is 26.0 Å². The molecule has 0 fully saturated rings. The quantitative estimate of drug-likeness (QED) is 0.388. The lowest BCUT2D eigenvalue weighted by molar-refractivity contribution is -0.384. The number of sulfone groups is 1. The Morgan fingerprint density at radius 2 is 2.00 bits per heavy atom. The number of amides is 1. The van der Waals surface area contributed by atoms with Gasteiger partial charge in [0, 0.05) is 23.4 Å². The Hall–Kier alpha value is -2.77. The topological polar surface area (TPSA) is 145 Å². The minimum atomic E-state index is -3.89. The standard InChI is InChI=1S/C17H16N4O6S3/c1-10-14(11(2)27-20-10)8-28-9-15(22)19-17-18-7-16(29-17)30(25,26)13-5-3-12(4-6-13)21(23)24/h3-7H,8-9H2,1-2H3,(H,18,19,22). The molecule has 10 nitrogen and oxygen atoms in total. The molecule has 0 radical (unpaired) electrons. The summed E-state index contributed by atoms with van der Waals surface area (Å²) in [6, 6.07) is 4.56. The Bertz CT molecular complexity index is 1170. The van der Waals surface area contributed by atoms with Crippen molar-refractivity contribution < 1.29 is 22.7 Å². The summed E-state index contributed by atoms with van der Waals surface area (Å²) in [4.78, 5) is 26.1. The monoisotopic (exact) mass is 468 g/mol. The normalized spacial score (nSPS) is 11.4. The molecule has 3 rings (SSSR count). The Labute approximate surface area is 179 Å². The molecular weight excluding hydrogens is 452 g/mol. The number of thiazole rings is 1. The third kappa shape index (κ3) is 4.86. The summed E-state index contributed by atoms with van der Waals surface area (Å²) in [6.07, 6.45) is 1.15. The van der Waals surface area contributed by atoms with Crippen LogP contribution in [0.5, 0.6) is 0 Å². The van der Waals surface area contributed by atoms with E-state index in [1.807, 2.05) is 6.92 Å². The van der Waals surface area contributed by atoms with Gasteiger partial charge in [0.05, 0.1) is 27.5 Å². The van der Waals surface area contributed by atoms with Crippen LogP contribution in [0.15, 0.2) is 44.1 Å². The maximum absolute atomic E-state index is 12.7. The van der Waals surface area contributed by atoms with Crippen LogP contribution < -0.4 is 5.32 Å². The molecule has 13 heteroatoms. The van der Waals surface area contributed by atoms with E-state index in [2.05, 4.69) is 15.5 Å². The molecule has 3 aromatic rings. The van der Waals surface area contributed by atoms with Crippen molar-refractivity contribution in [2.24, 2.45) is 0 Å². The number of benzene rings is 1. The molecule has 0 aliphatic heterocycles. The number of aryl methyl sites for hydroxylation is 2. The van der Waals surface area contributed by atoms with Crippen molar-refractivity contribution >= 4 is 49.7 Å². The predicted octanol–water partition coefficient (Wildman–Crippen LogP) is 3.36. The number of nitro groups is 1. The van der Waals surface area contributed by atoms with Crippen LogP contribution in [0.25, 0.3) is 0 Å². The number of thioether (sulfide) groups is 1. The molecule has 0 spiro atoms. The lowest BCUT2D eigenvalue weighted by Crippen LogP contribution is -2.13. The van der Waals surface area contributed by atoms with Gasteiger partial charge in [0.25, 0.3) is 5.69 Å². The molecule has 0 atom stereocenters. The van der Waals surface area contributed by atoms with E-state index in [0.717, 1.165) is 53.1 Å². The van der Waals surface area contributed by atoms with Crippen molar-refractivity contribution in [3.8, 4) is 0 Å². The highest BCUT2D eigenvalue weighted by Crippen LogP contribution is 2.29. The van der Waals surface area contributed by atoms with Crippen molar-refractivity contribution in [2.45, 2.75) is 28.7 Å². The average Bonchev–Trinajstić information content (AvgIpc) is 3.30. The van der Waals surface area contributed by atoms with E-state index in [0.29, 0.717) is 11.5 Å². The molecule has 1 N–H and O–H groups in total. The van der Waals surface area contributed by atoms with Crippen LogP contribution in [0, 0.1) is 24.0 Å². The van der Waals surface area contributed by atoms with Gasteiger partial charge >= 0.3 is 0 Å². The number of nitro benzene ring substituents is 1. The Kier molecular flexibility index (Phi) is 6.53. The molecule has 2 aromatic heterocycles. The first-order chi connectivity index (χ1) is 14.2. The van der Waals surface area contributed by atoms with Crippen molar-refractivity contribution in [1.82, 2.24) is 10.1 Å². The van der Waals surface area contributed by atoms with E-state index < -0.39 is 14.8 Å². The number of nitrogens with one attached hydrogen (secondary N) is 1. The first-order valence-corrected chi connectivity index (χ1v) is 11.9. The SMILES string of the molecule is Cc1noc(C)c1CSCC(=O)Nc1ncc(S(=O)(=O)c2ccc([N+](=O)[O-])cc2)s1. The van der Waals surface area contributed by atoms with Crippen molar-refractivity contribution in [1.29, 1.82) is 0 Å². The zero-order chi connectivity index (χ0) is 21.9. The zero-order valence-electron chi connectivity index (χ0n) is 15.8. The summed E-state index contributed by atoms with van der Waals surface area (Å²) in [5, 5.41) is 17.3. The number of rotatable bonds is 8. The molecule has 2 heterocycles. The molecule has 0 bridgehead atoms. The van der Waals surface area contributed by atoms with E-state index in [1.54, 1.807) is 6.92 Å². The van der Waals surface area contributed by atoms with Crippen LogP contribution in [0.2, 0.25) is 0 Å². The highest BCUT2D eigenvalue weighted by atomic mass is 32.2. The van der Waals surface area contributed by atoms with Gasteiger partial charge in [-0.25, -0.2) is 13.4 Å². The molecule has 0 unspecified atom stereocenters. The molecule has 1 aromatic carbocycles. The largest absolute Gasteiger partial charge is 0.361 e. The lowest BCUT2D eigenvalue weighted by atomic mass is 10.2. The second kappa shape index (κ2) is 8.93. The van der Waals surface area contributed by atoms with Crippen molar-refractivity contribution in [2.75, 3.05) is 11.1 Å². The summed E-state index contributed by atoms with van der Waals surface area (Å²) in [6.45, 7) is 3.63. The summed E-state index contributed by atoms with van der Waals surface area (Å²) >= 11 is 2.18. The molecule has 1 amide bonds. The Morgan fingerprint density at radius 3 is 2.60 bits per heavy atom. The summed E-state index contributed by atoms with van der Waals surface area (Å²) in [5.74, 6) is 1.10. The van der Waals surface area contributed by atoms with Gasteiger partial charge < -0.3 is 9.84 Å². The summed E-state index contributed by atoms with van der Waals surface area (Å²) in [5.41, 5.74) is 1.51. The highest BCUT2D eigenvalue weighted by Gasteiger charge is 2.22. The minimum absolute atomic E-state index is 0.0740. The maximum atomic E-state index is 12.7. The number of nitrogens with zero attached hydrogens (tertiary/aromatic N) is 3. The van der Waals surface area contributed by atoms with Crippen LogP contribution in [0.3, 0.4) is 0 Å². The highest BCUT2D eigenvalue weighted by molar-refractivity contribution is 7.99. The molecule has 0 saturated heterocycles. The number of anilines is 1. The molecule has 30 heavy (non-hydrogen) atoms. The molecular formula is C17H16N4O6S3. The summed E-state index contributed by atoms with van der Waals surface area (Å²) < 4.78 is 30.3. The fraction of sp³-hybridized carbons (Fsp3) is 0.235. The van der Waals surface area contributed by atoms with E-state index >= 15 is 0 Å². The van der Waals surface area contributed by atoms with E-state index in [1.165, 1.54) is 11.8 Å². The fourth-order valence-electron chi connectivity index (χ4n) is 2.41. The maximum Gasteiger partial charge on any atom is 0.269 e. The smallest absolute Gasteiger partial charge is 0.269 e. The minimum Gasteiger partial charge on any atom is -0.361 e. The number of carbonyl (C=O) groups excluding carboxylic acids is 1. The van der Waals surface area contributed by atoms with Gasteiger partial charge in [0.15, 0.2) is 5.13 Å². The van der Waals surface area contributed by atoms with Crippen LogP contribution >= 0.6 is 23.1 Å². The predicted molar refractivity (Wildman–Crippen MR) is 111 cm³/mol. The third-order valence-electron chi connectivity index (χ3n) is 4.01. The molecule has 0 aliphatic carbocycles. The van der Waals surface area contributed by atoms with E-state index in [-0.39, 0.29) is 31.6 Å². The number of hydrogen-bond donors (Lipinski definition) is 1. The first-order valence-electron chi connectivity index (χ1n) is 8.43. The molecule has 158 valence electrons. The molecule has 0 aliphatic rings. The summed E-state index contributed by atoms with van der Waals surface area (Å²) in [7, 11) is -3.89. The first kappa shape index (κ1) is 21.9. The zero-order valence-corrected chi connectivity index (χ0v) is 18.3. The number of aromatic nitrogens is 2. The van der Waals surface area contributed by atoms with Crippen molar-refractivity contribution in [3.63, 3.8) is 0 Å². The van der Waals surface area contributed by atoms with Gasteiger partial charge in [-0.3, -0.25) is 14.9 Å². The Balaban J connectivity index is 1.61. The lowest BCUT2D eigenvalue weighted by Gasteiger charge is -2.02. The van der Waals surface area contributed by atoms with Crippen LogP contribution in [0.1, 0.15) is 17.0 Å². The van der Waals surface area contributed by atoms with Gasteiger partial charge in [-0.2, -0.15) is 0 Å².